The molecule has 2 aromatic carbocycles. The van der Waals surface area contributed by atoms with Crippen molar-refractivity contribution in [1.82, 2.24) is 5.32 Å². The standard InChI is InChI=1S/C20H20N2O4/c23-18(13-4-2-1-3-5-13)21-16-9-6-14(7-10-16)19(24)22-17-11-8-15(12-17)20(25)26/h1-7,9-10,15,17H,8,11-12H2,(H,21,23)(H,22,24)(H,25,26)/t15-,17+/m1/s1. The largest absolute Gasteiger partial charge is 0.481 e. The Bertz CT molecular complexity index is 802. The van der Waals surface area contributed by atoms with Gasteiger partial charge in [-0.3, -0.25) is 14.4 Å². The maximum Gasteiger partial charge on any atom is 0.306 e. The van der Waals surface area contributed by atoms with Crippen LogP contribution in [0.1, 0.15) is 40.0 Å². The quantitative estimate of drug-likeness (QED) is 0.771. The molecule has 134 valence electrons. The second kappa shape index (κ2) is 7.82. The van der Waals surface area contributed by atoms with Crippen LogP contribution in [0.15, 0.2) is 54.6 Å². The summed E-state index contributed by atoms with van der Waals surface area (Å²) in [5.41, 5.74) is 1.63. The van der Waals surface area contributed by atoms with Crippen LogP contribution in [-0.4, -0.2) is 28.9 Å². The average Bonchev–Trinajstić information content (AvgIpc) is 3.12. The van der Waals surface area contributed by atoms with Gasteiger partial charge in [0, 0.05) is 22.9 Å². The number of amides is 2. The summed E-state index contributed by atoms with van der Waals surface area (Å²) < 4.78 is 0. The first-order chi connectivity index (χ1) is 12.5. The third kappa shape index (κ3) is 4.27. The number of carbonyl (C=O) groups is 3. The fraction of sp³-hybridized carbons (Fsp3) is 0.250. The van der Waals surface area contributed by atoms with Crippen molar-refractivity contribution in [2.75, 3.05) is 5.32 Å². The molecule has 0 saturated heterocycles. The normalized spacial score (nSPS) is 18.9. The summed E-state index contributed by atoms with van der Waals surface area (Å²) in [6, 6.07) is 15.4. The van der Waals surface area contributed by atoms with E-state index in [0.29, 0.717) is 36.1 Å². The van der Waals surface area contributed by atoms with Gasteiger partial charge in [-0.2, -0.15) is 0 Å². The number of anilines is 1. The third-order valence-electron chi connectivity index (χ3n) is 4.56. The molecule has 1 aliphatic carbocycles. The number of nitrogens with one attached hydrogen (secondary N) is 2. The van der Waals surface area contributed by atoms with E-state index in [2.05, 4.69) is 10.6 Å². The van der Waals surface area contributed by atoms with Crippen LogP contribution in [0, 0.1) is 5.92 Å². The minimum atomic E-state index is -0.805. The molecule has 0 spiro atoms. The Hall–Kier alpha value is -3.15. The van der Waals surface area contributed by atoms with Gasteiger partial charge in [0.2, 0.25) is 0 Å². The minimum absolute atomic E-state index is 0.110. The Morgan fingerprint density at radius 3 is 2.12 bits per heavy atom. The molecule has 2 aromatic rings. The summed E-state index contributed by atoms with van der Waals surface area (Å²) in [7, 11) is 0. The smallest absolute Gasteiger partial charge is 0.306 e. The average molecular weight is 352 g/mol. The number of hydrogen-bond acceptors (Lipinski definition) is 3. The summed E-state index contributed by atoms with van der Waals surface area (Å²) in [6.07, 6.45) is 1.73. The molecule has 26 heavy (non-hydrogen) atoms. The molecule has 1 fully saturated rings. The van der Waals surface area contributed by atoms with E-state index in [9.17, 15) is 14.4 Å². The van der Waals surface area contributed by atoms with Crippen molar-refractivity contribution < 1.29 is 19.5 Å². The molecule has 6 heteroatoms. The van der Waals surface area contributed by atoms with Crippen molar-refractivity contribution in [1.29, 1.82) is 0 Å². The first-order valence-corrected chi connectivity index (χ1v) is 8.53. The molecular formula is C20H20N2O4. The van der Waals surface area contributed by atoms with Crippen LogP contribution in [0.2, 0.25) is 0 Å². The molecule has 0 unspecified atom stereocenters. The Labute approximate surface area is 151 Å². The van der Waals surface area contributed by atoms with Gasteiger partial charge in [-0.05, 0) is 55.7 Å². The first kappa shape index (κ1) is 17.7. The highest BCUT2D eigenvalue weighted by Crippen LogP contribution is 2.26. The van der Waals surface area contributed by atoms with Crippen LogP contribution in [0.3, 0.4) is 0 Å². The molecule has 0 aliphatic heterocycles. The lowest BCUT2D eigenvalue weighted by Gasteiger charge is -2.13. The van der Waals surface area contributed by atoms with E-state index >= 15 is 0 Å². The van der Waals surface area contributed by atoms with Crippen molar-refractivity contribution in [2.24, 2.45) is 5.92 Å². The fourth-order valence-corrected chi connectivity index (χ4v) is 3.10. The molecule has 6 nitrogen and oxygen atoms in total. The van der Waals surface area contributed by atoms with Crippen molar-refractivity contribution in [3.8, 4) is 0 Å². The number of aliphatic carboxylic acids is 1. The van der Waals surface area contributed by atoms with E-state index < -0.39 is 5.97 Å². The maximum atomic E-state index is 12.3. The van der Waals surface area contributed by atoms with Gasteiger partial charge in [-0.15, -0.1) is 0 Å². The number of rotatable bonds is 5. The van der Waals surface area contributed by atoms with Crippen molar-refractivity contribution in [2.45, 2.75) is 25.3 Å². The summed E-state index contributed by atoms with van der Waals surface area (Å²) in [6.45, 7) is 0. The Balaban J connectivity index is 1.56. The number of hydrogen-bond donors (Lipinski definition) is 3. The van der Waals surface area contributed by atoms with Crippen LogP contribution in [0.25, 0.3) is 0 Å². The van der Waals surface area contributed by atoms with Crippen molar-refractivity contribution in [3.05, 3.63) is 65.7 Å². The lowest BCUT2D eigenvalue weighted by molar-refractivity contribution is -0.141. The number of carboxylic acids is 1. The molecule has 0 radical (unpaired) electrons. The van der Waals surface area contributed by atoms with Gasteiger partial charge in [-0.1, -0.05) is 18.2 Å². The second-order valence-corrected chi connectivity index (χ2v) is 6.42. The topological polar surface area (TPSA) is 95.5 Å². The SMILES string of the molecule is O=C(Nc1ccc(C(=O)N[C@H]2CC[C@@H](C(=O)O)C2)cc1)c1ccccc1. The molecule has 0 bridgehead atoms. The molecule has 2 atom stereocenters. The van der Waals surface area contributed by atoms with Crippen LogP contribution in [0.5, 0.6) is 0 Å². The third-order valence-corrected chi connectivity index (χ3v) is 4.56. The minimum Gasteiger partial charge on any atom is -0.481 e. The molecule has 1 saturated carbocycles. The summed E-state index contributed by atoms with van der Waals surface area (Å²) in [5.74, 6) is -1.63. The van der Waals surface area contributed by atoms with Crippen molar-refractivity contribution >= 4 is 23.5 Å². The number of carbonyl (C=O) groups excluding carboxylic acids is 2. The molecule has 1 aliphatic rings. The first-order valence-electron chi connectivity index (χ1n) is 8.53. The molecule has 0 heterocycles. The van der Waals surface area contributed by atoms with E-state index in [4.69, 9.17) is 5.11 Å². The highest BCUT2D eigenvalue weighted by molar-refractivity contribution is 6.04. The zero-order chi connectivity index (χ0) is 18.5. The zero-order valence-corrected chi connectivity index (χ0v) is 14.1. The maximum absolute atomic E-state index is 12.3. The van der Waals surface area contributed by atoms with E-state index in [0.717, 1.165) is 0 Å². The Morgan fingerprint density at radius 2 is 1.50 bits per heavy atom. The highest BCUT2D eigenvalue weighted by atomic mass is 16.4. The van der Waals surface area contributed by atoms with Crippen LogP contribution < -0.4 is 10.6 Å². The van der Waals surface area contributed by atoms with Crippen LogP contribution >= 0.6 is 0 Å². The second-order valence-electron chi connectivity index (χ2n) is 6.42. The zero-order valence-electron chi connectivity index (χ0n) is 14.1. The van der Waals surface area contributed by atoms with Gasteiger partial charge in [0.25, 0.3) is 11.8 Å². The Morgan fingerprint density at radius 1 is 0.846 bits per heavy atom. The van der Waals surface area contributed by atoms with Gasteiger partial charge < -0.3 is 15.7 Å². The van der Waals surface area contributed by atoms with Crippen molar-refractivity contribution in [3.63, 3.8) is 0 Å². The predicted octanol–water partition coefficient (Wildman–Crippen LogP) is 2.92. The van der Waals surface area contributed by atoms with Gasteiger partial charge in [0.1, 0.15) is 0 Å². The van der Waals surface area contributed by atoms with Gasteiger partial charge in [-0.25, -0.2) is 0 Å². The number of benzene rings is 2. The predicted molar refractivity (Wildman–Crippen MR) is 97.1 cm³/mol. The van der Waals surface area contributed by atoms with E-state index in [1.165, 1.54) is 0 Å². The Kier molecular flexibility index (Phi) is 5.31. The van der Waals surface area contributed by atoms with Gasteiger partial charge >= 0.3 is 5.97 Å². The summed E-state index contributed by atoms with van der Waals surface area (Å²) in [4.78, 5) is 35.4. The number of carboxylic acid groups (broad SMARTS) is 1. The highest BCUT2D eigenvalue weighted by Gasteiger charge is 2.30. The summed E-state index contributed by atoms with van der Waals surface area (Å²) >= 11 is 0. The summed E-state index contributed by atoms with van der Waals surface area (Å²) in [5, 5.41) is 14.7. The molecule has 0 aromatic heterocycles. The van der Waals surface area contributed by atoms with Gasteiger partial charge in [0.15, 0.2) is 0 Å². The van der Waals surface area contributed by atoms with E-state index in [-0.39, 0.29) is 23.8 Å². The monoisotopic (exact) mass is 352 g/mol. The van der Waals surface area contributed by atoms with Crippen LogP contribution in [0.4, 0.5) is 5.69 Å². The van der Waals surface area contributed by atoms with E-state index in [1.807, 2.05) is 6.07 Å². The lowest BCUT2D eigenvalue weighted by atomic mass is 10.1. The molecule has 2 amide bonds. The fourth-order valence-electron chi connectivity index (χ4n) is 3.10. The van der Waals surface area contributed by atoms with E-state index in [1.54, 1.807) is 48.5 Å². The molecule has 3 N–H and O–H groups in total. The van der Waals surface area contributed by atoms with Gasteiger partial charge in [0.05, 0.1) is 5.92 Å². The molecule has 3 rings (SSSR count). The van der Waals surface area contributed by atoms with Crippen LogP contribution in [-0.2, 0) is 4.79 Å². The molecular weight excluding hydrogens is 332 g/mol. The lowest BCUT2D eigenvalue weighted by Crippen LogP contribution is -2.33.